The fourth-order valence-electron chi connectivity index (χ4n) is 2.66. The number of carbonyl (C=O) groups is 2. The molecule has 0 unspecified atom stereocenters. The van der Waals surface area contributed by atoms with Crippen LogP contribution in [0, 0.1) is 0 Å². The van der Waals surface area contributed by atoms with E-state index < -0.39 is 17.6 Å². The summed E-state index contributed by atoms with van der Waals surface area (Å²) in [4.78, 5) is 30.3. The topological polar surface area (TPSA) is 71.5 Å². The van der Waals surface area contributed by atoms with Crippen LogP contribution < -0.4 is 5.32 Å². The molecule has 0 spiro atoms. The van der Waals surface area contributed by atoms with Crippen LogP contribution in [0.1, 0.15) is 26.4 Å². The Labute approximate surface area is 152 Å². The Bertz CT molecular complexity index is 849. The van der Waals surface area contributed by atoms with E-state index in [1.807, 2.05) is 0 Å². The lowest BCUT2D eigenvalue weighted by molar-refractivity contribution is -0.136. The van der Waals surface area contributed by atoms with Crippen LogP contribution in [0.15, 0.2) is 42.6 Å². The number of morpholine rings is 1. The lowest BCUT2D eigenvalue weighted by Crippen LogP contribution is -2.40. The van der Waals surface area contributed by atoms with Gasteiger partial charge in [0.2, 0.25) is 0 Å². The average Bonchev–Trinajstić information content (AvgIpc) is 2.68. The van der Waals surface area contributed by atoms with Crippen molar-refractivity contribution in [3.63, 3.8) is 0 Å². The summed E-state index contributed by atoms with van der Waals surface area (Å²) in [5.74, 6) is -1.12. The van der Waals surface area contributed by atoms with E-state index in [-0.39, 0.29) is 22.9 Å². The minimum Gasteiger partial charge on any atom is -0.378 e. The minimum absolute atomic E-state index is 0.147. The van der Waals surface area contributed by atoms with Gasteiger partial charge in [-0.15, -0.1) is 0 Å². The molecule has 27 heavy (non-hydrogen) atoms. The number of rotatable bonds is 3. The summed E-state index contributed by atoms with van der Waals surface area (Å²) >= 11 is 0. The molecule has 2 aromatic rings. The van der Waals surface area contributed by atoms with E-state index in [0.29, 0.717) is 26.3 Å². The number of ether oxygens (including phenoxy) is 1. The molecule has 0 aliphatic carbocycles. The lowest BCUT2D eigenvalue weighted by atomic mass is 10.1. The van der Waals surface area contributed by atoms with Gasteiger partial charge in [-0.25, -0.2) is 0 Å². The Morgan fingerprint density at radius 3 is 2.52 bits per heavy atom. The van der Waals surface area contributed by atoms with Crippen LogP contribution in [0.5, 0.6) is 0 Å². The van der Waals surface area contributed by atoms with E-state index in [1.165, 1.54) is 30.5 Å². The average molecular weight is 379 g/mol. The van der Waals surface area contributed by atoms with Gasteiger partial charge in [0.1, 0.15) is 5.69 Å². The van der Waals surface area contributed by atoms with Crippen LogP contribution in [0.2, 0.25) is 0 Å². The third-order valence-corrected chi connectivity index (χ3v) is 4.02. The number of benzene rings is 1. The number of carbonyl (C=O) groups excluding carboxylic acids is 2. The zero-order chi connectivity index (χ0) is 19.4. The molecule has 142 valence electrons. The molecule has 1 saturated heterocycles. The summed E-state index contributed by atoms with van der Waals surface area (Å²) < 4.78 is 44.3. The van der Waals surface area contributed by atoms with Crippen LogP contribution in [0.3, 0.4) is 0 Å². The van der Waals surface area contributed by atoms with E-state index >= 15 is 0 Å². The molecule has 1 aromatic heterocycles. The molecular weight excluding hydrogens is 363 g/mol. The Morgan fingerprint density at radius 2 is 1.81 bits per heavy atom. The van der Waals surface area contributed by atoms with Crippen molar-refractivity contribution in [2.24, 2.45) is 0 Å². The molecule has 6 nitrogen and oxygen atoms in total. The molecule has 0 bridgehead atoms. The maximum atomic E-state index is 13.0. The minimum atomic E-state index is -4.61. The standard InChI is InChI=1S/C18H16F3N3O3/c19-18(20,21)13-3-1-2-4-14(13)23-16(25)15-11-12(5-6-22-15)17(26)24-7-9-27-10-8-24/h1-6,11H,7-10H2,(H,23,25). The second-order valence-corrected chi connectivity index (χ2v) is 5.83. The molecule has 0 saturated carbocycles. The van der Waals surface area contributed by atoms with E-state index in [2.05, 4.69) is 10.3 Å². The Balaban J connectivity index is 1.79. The van der Waals surface area contributed by atoms with Crippen molar-refractivity contribution in [1.82, 2.24) is 9.88 Å². The van der Waals surface area contributed by atoms with Gasteiger partial charge in [-0.3, -0.25) is 14.6 Å². The molecule has 1 aliphatic rings. The van der Waals surface area contributed by atoms with Gasteiger partial charge in [0.25, 0.3) is 11.8 Å². The van der Waals surface area contributed by atoms with Crippen molar-refractivity contribution in [2.75, 3.05) is 31.6 Å². The predicted molar refractivity (Wildman–Crippen MR) is 90.4 cm³/mol. The van der Waals surface area contributed by atoms with Crippen molar-refractivity contribution in [3.05, 3.63) is 59.4 Å². The summed E-state index contributed by atoms with van der Waals surface area (Å²) in [6, 6.07) is 7.38. The number of aromatic nitrogens is 1. The number of amides is 2. The molecule has 1 fully saturated rings. The normalized spacial score (nSPS) is 14.7. The predicted octanol–water partition coefficient (Wildman–Crippen LogP) is 2.83. The Morgan fingerprint density at radius 1 is 1.11 bits per heavy atom. The summed E-state index contributed by atoms with van der Waals surface area (Å²) in [6.45, 7) is 1.72. The maximum Gasteiger partial charge on any atom is 0.418 e. The van der Waals surface area contributed by atoms with Crippen LogP contribution in [-0.4, -0.2) is 48.0 Å². The number of hydrogen-bond donors (Lipinski definition) is 1. The second kappa shape index (κ2) is 7.75. The molecule has 0 atom stereocenters. The van der Waals surface area contributed by atoms with Crippen LogP contribution >= 0.6 is 0 Å². The number of para-hydroxylation sites is 1. The number of halogens is 3. The smallest absolute Gasteiger partial charge is 0.378 e. The lowest BCUT2D eigenvalue weighted by Gasteiger charge is -2.26. The SMILES string of the molecule is O=C(Nc1ccccc1C(F)(F)F)c1cc(C(=O)N2CCOCC2)ccn1. The summed E-state index contributed by atoms with van der Waals surface area (Å²) in [5, 5.41) is 2.21. The first-order valence-electron chi connectivity index (χ1n) is 8.17. The van der Waals surface area contributed by atoms with Gasteiger partial charge in [0.05, 0.1) is 24.5 Å². The molecule has 2 amide bonds. The highest BCUT2D eigenvalue weighted by Gasteiger charge is 2.33. The maximum absolute atomic E-state index is 13.0. The molecule has 1 aromatic carbocycles. The van der Waals surface area contributed by atoms with Crippen LogP contribution in [0.4, 0.5) is 18.9 Å². The molecule has 3 rings (SSSR count). The van der Waals surface area contributed by atoms with Gasteiger partial charge in [-0.2, -0.15) is 13.2 Å². The summed E-state index contributed by atoms with van der Waals surface area (Å²) in [6.07, 6.45) is -3.33. The largest absolute Gasteiger partial charge is 0.418 e. The fourth-order valence-corrected chi connectivity index (χ4v) is 2.66. The zero-order valence-electron chi connectivity index (χ0n) is 14.1. The van der Waals surface area contributed by atoms with Crippen LogP contribution in [0.25, 0.3) is 0 Å². The van der Waals surface area contributed by atoms with Gasteiger partial charge in [-0.05, 0) is 24.3 Å². The van der Waals surface area contributed by atoms with Crippen molar-refractivity contribution in [3.8, 4) is 0 Å². The highest BCUT2D eigenvalue weighted by Crippen LogP contribution is 2.34. The fraction of sp³-hybridized carbons (Fsp3) is 0.278. The van der Waals surface area contributed by atoms with Gasteiger partial charge < -0.3 is 15.0 Å². The monoisotopic (exact) mass is 379 g/mol. The first-order chi connectivity index (χ1) is 12.9. The number of nitrogens with one attached hydrogen (secondary N) is 1. The summed E-state index contributed by atoms with van der Waals surface area (Å²) in [5.41, 5.74) is -1.24. The summed E-state index contributed by atoms with van der Waals surface area (Å²) in [7, 11) is 0. The Hall–Kier alpha value is -2.94. The van der Waals surface area contributed by atoms with Gasteiger partial charge >= 0.3 is 6.18 Å². The van der Waals surface area contributed by atoms with Crippen molar-refractivity contribution < 1.29 is 27.5 Å². The number of anilines is 1. The van der Waals surface area contributed by atoms with Gasteiger partial charge in [0, 0.05) is 24.8 Å². The quantitative estimate of drug-likeness (QED) is 0.890. The zero-order valence-corrected chi connectivity index (χ0v) is 14.1. The Kier molecular flexibility index (Phi) is 5.41. The number of hydrogen-bond acceptors (Lipinski definition) is 4. The highest BCUT2D eigenvalue weighted by molar-refractivity contribution is 6.05. The first kappa shape index (κ1) is 18.8. The van der Waals surface area contributed by atoms with Gasteiger partial charge in [0.15, 0.2) is 0 Å². The number of alkyl halides is 3. The third kappa shape index (κ3) is 4.43. The molecule has 1 N–H and O–H groups in total. The van der Waals surface area contributed by atoms with Crippen molar-refractivity contribution in [2.45, 2.75) is 6.18 Å². The van der Waals surface area contributed by atoms with E-state index in [1.54, 1.807) is 4.90 Å². The molecular formula is C18H16F3N3O3. The molecule has 1 aliphatic heterocycles. The van der Waals surface area contributed by atoms with Crippen molar-refractivity contribution >= 4 is 17.5 Å². The second-order valence-electron chi connectivity index (χ2n) is 5.83. The van der Waals surface area contributed by atoms with Crippen molar-refractivity contribution in [1.29, 1.82) is 0 Å². The van der Waals surface area contributed by atoms with E-state index in [4.69, 9.17) is 4.74 Å². The first-order valence-corrected chi connectivity index (χ1v) is 8.17. The van der Waals surface area contributed by atoms with Gasteiger partial charge in [-0.1, -0.05) is 12.1 Å². The van der Waals surface area contributed by atoms with E-state index in [9.17, 15) is 22.8 Å². The number of nitrogens with zero attached hydrogens (tertiary/aromatic N) is 2. The molecule has 0 radical (unpaired) electrons. The third-order valence-electron chi connectivity index (χ3n) is 4.02. The highest BCUT2D eigenvalue weighted by atomic mass is 19.4. The molecule has 9 heteroatoms. The van der Waals surface area contributed by atoms with Crippen LogP contribution in [-0.2, 0) is 10.9 Å². The number of pyridine rings is 1. The molecule has 2 heterocycles. The van der Waals surface area contributed by atoms with E-state index in [0.717, 1.165) is 12.1 Å².